The summed E-state index contributed by atoms with van der Waals surface area (Å²) in [7, 11) is 0. The first-order chi connectivity index (χ1) is 5.61. The molecule has 1 aromatic rings. The third kappa shape index (κ3) is 3.99. The summed E-state index contributed by atoms with van der Waals surface area (Å²) in [6.45, 7) is 0. The monoisotopic (exact) mass is 224 g/mol. The first kappa shape index (κ1) is 13.4. The number of hydrogen-bond acceptors (Lipinski definition) is 3. The Kier molecular flexibility index (Phi) is 6.22. The molecule has 1 atom stereocenters. The molecule has 0 radical (unpaired) electrons. The Labute approximate surface area is 120 Å². The Hall–Kier alpha value is 0.436. The summed E-state index contributed by atoms with van der Waals surface area (Å²) in [5, 5.41) is 8.46. The number of carbonyl (C=O) groups is 1. The van der Waals surface area contributed by atoms with Crippen molar-refractivity contribution in [3.8, 4) is 0 Å². The van der Waals surface area contributed by atoms with Gasteiger partial charge in [-0.3, -0.25) is 4.21 Å². The summed E-state index contributed by atoms with van der Waals surface area (Å²) < 4.78 is 20.7. The smallest absolute Gasteiger partial charge is 0.768 e. The normalized spacial score (nSPS) is 11.5. The number of carboxylic acid groups (broad SMARTS) is 1. The number of carboxylic acids is 1. The van der Waals surface area contributed by atoms with Crippen molar-refractivity contribution in [2.45, 2.75) is 4.90 Å². The maximum absolute atomic E-state index is 10.3. The SMILES string of the molecule is O=C(O)c1ccc(S(=O)[O-])cc1.[K+]. The molecular formula is C7H5KO4S. The van der Waals surface area contributed by atoms with Crippen LogP contribution in [0.2, 0.25) is 0 Å². The second kappa shape index (κ2) is 6.02. The predicted molar refractivity (Wildman–Crippen MR) is 40.6 cm³/mol. The van der Waals surface area contributed by atoms with E-state index in [1.54, 1.807) is 0 Å². The van der Waals surface area contributed by atoms with Crippen LogP contribution >= 0.6 is 0 Å². The molecule has 0 aliphatic rings. The largest absolute Gasteiger partial charge is 1.00 e. The minimum atomic E-state index is -2.29. The summed E-state index contributed by atoms with van der Waals surface area (Å²) in [6.07, 6.45) is 0. The van der Waals surface area contributed by atoms with Gasteiger partial charge in [0.1, 0.15) is 0 Å². The van der Waals surface area contributed by atoms with Crippen LogP contribution in [0.15, 0.2) is 29.2 Å². The van der Waals surface area contributed by atoms with Gasteiger partial charge in [-0.25, -0.2) is 4.79 Å². The van der Waals surface area contributed by atoms with E-state index in [1.165, 1.54) is 24.3 Å². The van der Waals surface area contributed by atoms with Crippen LogP contribution in [-0.2, 0) is 11.1 Å². The Morgan fingerprint density at radius 1 is 1.31 bits per heavy atom. The molecule has 0 saturated heterocycles. The Balaban J connectivity index is 0.00000144. The van der Waals surface area contributed by atoms with Crippen molar-refractivity contribution in [2.75, 3.05) is 0 Å². The van der Waals surface area contributed by atoms with E-state index in [2.05, 4.69) is 0 Å². The van der Waals surface area contributed by atoms with Crippen molar-refractivity contribution < 1.29 is 70.0 Å². The van der Waals surface area contributed by atoms with Gasteiger partial charge < -0.3 is 9.66 Å². The number of rotatable bonds is 2. The molecule has 0 bridgehead atoms. The number of hydrogen-bond donors (Lipinski definition) is 1. The van der Waals surface area contributed by atoms with Crippen LogP contribution in [0.5, 0.6) is 0 Å². The van der Waals surface area contributed by atoms with E-state index in [1.807, 2.05) is 0 Å². The van der Waals surface area contributed by atoms with Crippen molar-refractivity contribution in [3.63, 3.8) is 0 Å². The van der Waals surface area contributed by atoms with Gasteiger partial charge in [0.2, 0.25) is 0 Å². The molecule has 0 amide bonds. The molecule has 0 aliphatic heterocycles. The van der Waals surface area contributed by atoms with Gasteiger partial charge in [-0.15, -0.1) is 0 Å². The Morgan fingerprint density at radius 3 is 2.08 bits per heavy atom. The van der Waals surface area contributed by atoms with Crippen LogP contribution in [0.1, 0.15) is 10.4 Å². The second-order valence-corrected chi connectivity index (χ2v) is 3.01. The molecule has 0 aromatic heterocycles. The van der Waals surface area contributed by atoms with E-state index < -0.39 is 17.0 Å². The van der Waals surface area contributed by atoms with E-state index in [9.17, 15) is 13.6 Å². The Bertz CT molecular complexity index is 289. The molecular weight excluding hydrogens is 219 g/mol. The van der Waals surface area contributed by atoms with E-state index in [0.717, 1.165) is 0 Å². The quantitative estimate of drug-likeness (QED) is 0.450. The summed E-state index contributed by atoms with van der Waals surface area (Å²) >= 11 is -2.29. The fraction of sp³-hybridized carbons (Fsp3) is 0. The van der Waals surface area contributed by atoms with Crippen LogP contribution in [0.3, 0.4) is 0 Å². The fourth-order valence-electron chi connectivity index (χ4n) is 0.709. The molecule has 0 saturated carbocycles. The average Bonchev–Trinajstić information content (AvgIpc) is 2.04. The summed E-state index contributed by atoms with van der Waals surface area (Å²) in [6, 6.07) is 4.97. The van der Waals surface area contributed by atoms with Gasteiger partial charge in [-0.1, -0.05) is 0 Å². The van der Waals surface area contributed by atoms with Crippen molar-refractivity contribution in [1.29, 1.82) is 0 Å². The summed E-state index contributed by atoms with van der Waals surface area (Å²) in [5.41, 5.74) is 0.0733. The Morgan fingerprint density at radius 2 is 1.77 bits per heavy atom. The molecule has 0 spiro atoms. The topological polar surface area (TPSA) is 77.4 Å². The van der Waals surface area contributed by atoms with Crippen LogP contribution in [0.25, 0.3) is 0 Å². The molecule has 0 aliphatic carbocycles. The molecule has 1 aromatic carbocycles. The van der Waals surface area contributed by atoms with Crippen LogP contribution in [0.4, 0.5) is 0 Å². The molecule has 1 N–H and O–H groups in total. The zero-order valence-electron chi connectivity index (χ0n) is 6.89. The van der Waals surface area contributed by atoms with Gasteiger partial charge in [0.05, 0.1) is 5.56 Å². The average molecular weight is 224 g/mol. The summed E-state index contributed by atoms with van der Waals surface area (Å²) in [4.78, 5) is 10.4. The maximum atomic E-state index is 10.3. The molecule has 64 valence electrons. The molecule has 1 rings (SSSR count). The zero-order valence-corrected chi connectivity index (χ0v) is 10.8. The van der Waals surface area contributed by atoms with Crippen LogP contribution < -0.4 is 51.4 Å². The predicted octanol–water partition coefficient (Wildman–Crippen LogP) is -2.37. The van der Waals surface area contributed by atoms with E-state index in [4.69, 9.17) is 5.11 Å². The van der Waals surface area contributed by atoms with Crippen molar-refractivity contribution in [2.24, 2.45) is 0 Å². The van der Waals surface area contributed by atoms with Gasteiger partial charge in [0.15, 0.2) is 0 Å². The molecule has 6 heteroatoms. The standard InChI is InChI=1S/C7H6O4S.K/c8-7(9)5-1-3-6(4-2-5)12(10)11;/h1-4H,(H,8,9)(H,10,11);/q;+1/p-1. The van der Waals surface area contributed by atoms with E-state index in [0.29, 0.717) is 0 Å². The van der Waals surface area contributed by atoms with Gasteiger partial charge in [-0.2, -0.15) is 0 Å². The summed E-state index contributed by atoms with van der Waals surface area (Å²) in [5.74, 6) is -1.07. The van der Waals surface area contributed by atoms with Crippen LogP contribution in [0, 0.1) is 0 Å². The van der Waals surface area contributed by atoms with Gasteiger partial charge in [0.25, 0.3) is 0 Å². The van der Waals surface area contributed by atoms with Crippen molar-refractivity contribution in [3.05, 3.63) is 29.8 Å². The van der Waals surface area contributed by atoms with Gasteiger partial charge in [0, 0.05) is 4.90 Å². The second-order valence-electron chi connectivity index (χ2n) is 2.06. The van der Waals surface area contributed by atoms with E-state index in [-0.39, 0.29) is 61.8 Å². The molecule has 1 unspecified atom stereocenters. The fourth-order valence-corrected chi connectivity index (χ4v) is 1.07. The first-order valence-corrected chi connectivity index (χ1v) is 4.11. The minimum absolute atomic E-state index is 0. The van der Waals surface area contributed by atoms with Crippen molar-refractivity contribution in [1.82, 2.24) is 0 Å². The van der Waals surface area contributed by atoms with Gasteiger partial charge >= 0.3 is 57.4 Å². The van der Waals surface area contributed by atoms with Gasteiger partial charge in [-0.05, 0) is 35.3 Å². The first-order valence-electron chi connectivity index (χ1n) is 3.04. The number of benzene rings is 1. The number of aromatic carboxylic acids is 1. The molecule has 0 fully saturated rings. The third-order valence-corrected chi connectivity index (χ3v) is 1.95. The van der Waals surface area contributed by atoms with Crippen molar-refractivity contribution >= 4 is 17.0 Å². The minimum Gasteiger partial charge on any atom is -0.768 e. The molecule has 4 nitrogen and oxygen atoms in total. The third-order valence-electron chi connectivity index (χ3n) is 1.29. The van der Waals surface area contributed by atoms with E-state index >= 15 is 0 Å². The van der Waals surface area contributed by atoms with Crippen LogP contribution in [-0.4, -0.2) is 19.8 Å². The molecule has 0 heterocycles. The zero-order chi connectivity index (χ0) is 9.14. The maximum Gasteiger partial charge on any atom is 1.00 e. The molecule has 13 heavy (non-hydrogen) atoms.